The molecule has 0 bridgehead atoms. The van der Waals surface area contributed by atoms with Gasteiger partial charge in [0.25, 0.3) is 11.5 Å². The Kier molecular flexibility index (Phi) is 10.4. The predicted octanol–water partition coefficient (Wildman–Crippen LogP) is 5.16. The summed E-state index contributed by atoms with van der Waals surface area (Å²) in [7, 11) is 4.64. The number of methoxy groups -OCH3 is 3. The summed E-state index contributed by atoms with van der Waals surface area (Å²) >= 11 is 0. The zero-order valence-corrected chi connectivity index (χ0v) is 27.4. The maximum atomic E-state index is 14.8. The van der Waals surface area contributed by atoms with Gasteiger partial charge in [-0.1, -0.05) is 12.1 Å². The molecule has 1 N–H and O–H groups in total. The van der Waals surface area contributed by atoms with E-state index in [-0.39, 0.29) is 23.7 Å². The summed E-state index contributed by atoms with van der Waals surface area (Å²) in [5.74, 6) is 0.613. The third kappa shape index (κ3) is 7.05. The molecular weight excluding hydrogens is 637 g/mol. The van der Waals surface area contributed by atoms with Crippen molar-refractivity contribution in [3.8, 4) is 34.6 Å². The van der Waals surface area contributed by atoms with Gasteiger partial charge >= 0.3 is 0 Å². The number of nitrogens with one attached hydrogen (secondary N) is 1. The van der Waals surface area contributed by atoms with Crippen LogP contribution in [0.1, 0.15) is 28.9 Å². The Morgan fingerprint density at radius 2 is 1.63 bits per heavy atom. The average Bonchev–Trinajstić information content (AvgIpc) is 3.41. The number of hydrogen-bond donors (Lipinski definition) is 1. The lowest BCUT2D eigenvalue weighted by molar-refractivity contribution is 0.102. The van der Waals surface area contributed by atoms with E-state index in [1.807, 2.05) is 0 Å². The van der Waals surface area contributed by atoms with Gasteiger partial charge < -0.3 is 33.7 Å². The van der Waals surface area contributed by atoms with Gasteiger partial charge in [0.15, 0.2) is 23.0 Å². The number of aromatic nitrogens is 4. The molecule has 3 aromatic carbocycles. The van der Waals surface area contributed by atoms with Crippen molar-refractivity contribution >= 4 is 22.5 Å². The highest BCUT2D eigenvalue weighted by molar-refractivity contribution is 6.05. The second-order valence-electron chi connectivity index (χ2n) is 11.1. The summed E-state index contributed by atoms with van der Waals surface area (Å²) in [6.07, 6.45) is 3.50. The summed E-state index contributed by atoms with van der Waals surface area (Å²) in [6, 6.07) is 14.3. The maximum absolute atomic E-state index is 14.8. The Labute approximate surface area is 281 Å². The fourth-order valence-electron chi connectivity index (χ4n) is 5.67. The molecule has 0 radical (unpaired) electrons. The first-order valence-corrected chi connectivity index (χ1v) is 15.7. The largest absolute Gasteiger partial charge is 0.493 e. The Balaban J connectivity index is 1.28. The minimum atomic E-state index is -0.604. The lowest BCUT2D eigenvalue weighted by Gasteiger charge is -2.19. The minimum Gasteiger partial charge on any atom is -0.493 e. The van der Waals surface area contributed by atoms with E-state index in [9.17, 15) is 14.0 Å². The summed E-state index contributed by atoms with van der Waals surface area (Å²) in [5, 5.41) is 3.37. The maximum Gasteiger partial charge on any atom is 0.284 e. The number of amides is 1. The number of nitrogens with zero attached hydrogens (tertiary/aromatic N) is 4. The van der Waals surface area contributed by atoms with Crippen LogP contribution < -0.4 is 29.8 Å². The quantitative estimate of drug-likeness (QED) is 0.157. The van der Waals surface area contributed by atoms with Crippen molar-refractivity contribution in [2.75, 3.05) is 53.1 Å². The first-order chi connectivity index (χ1) is 23.9. The van der Waals surface area contributed by atoms with Gasteiger partial charge in [-0.05, 0) is 49.6 Å². The fraction of sp³-hybridized carbons (Fsp3) is 0.314. The smallest absolute Gasteiger partial charge is 0.284 e. The molecule has 6 rings (SSSR count). The number of halogens is 1. The van der Waals surface area contributed by atoms with Crippen LogP contribution in [0.15, 0.2) is 65.7 Å². The standard InChI is InChI=1S/C35H36FN5O8/c1-44-14-16-47-30-19-23-25(20-31(30)48-17-15-45-2)37-21-38-34(23)49-28-12-11-22(18-29(28)46-3)39-33(42)32-27-10-6-7-13-40(27)41(35(32)43)26-9-5-4-8-24(26)36/h4-5,8-9,11-12,18-21H,6-7,10,13-17H2,1-3H3,(H,39,42). The van der Waals surface area contributed by atoms with Crippen LogP contribution in [0.4, 0.5) is 10.1 Å². The van der Waals surface area contributed by atoms with Crippen LogP contribution in [0.25, 0.3) is 16.6 Å². The molecule has 0 fully saturated rings. The normalized spacial score (nSPS) is 12.4. The second-order valence-corrected chi connectivity index (χ2v) is 11.1. The molecule has 0 spiro atoms. The summed E-state index contributed by atoms with van der Waals surface area (Å²) in [4.78, 5) is 36.0. The molecule has 13 nitrogen and oxygen atoms in total. The molecule has 2 aromatic heterocycles. The van der Waals surface area contributed by atoms with Crippen molar-refractivity contribution < 1.29 is 37.6 Å². The fourth-order valence-corrected chi connectivity index (χ4v) is 5.67. The number of para-hydroxylation sites is 1. The highest BCUT2D eigenvalue weighted by atomic mass is 19.1. The van der Waals surface area contributed by atoms with Crippen LogP contribution in [0.5, 0.6) is 28.9 Å². The predicted molar refractivity (Wildman–Crippen MR) is 178 cm³/mol. The topological polar surface area (TPSA) is 137 Å². The molecule has 14 heteroatoms. The minimum absolute atomic E-state index is 0.0243. The van der Waals surface area contributed by atoms with Gasteiger partial charge in [-0.15, -0.1) is 0 Å². The number of benzene rings is 3. The monoisotopic (exact) mass is 673 g/mol. The van der Waals surface area contributed by atoms with Gasteiger partial charge in [0.05, 0.1) is 36.9 Å². The number of carbonyl (C=O) groups is 1. The van der Waals surface area contributed by atoms with Gasteiger partial charge in [-0.3, -0.25) is 14.3 Å². The van der Waals surface area contributed by atoms with Crippen molar-refractivity contribution in [3.05, 3.63) is 88.4 Å². The van der Waals surface area contributed by atoms with E-state index < -0.39 is 17.3 Å². The second kappa shape index (κ2) is 15.2. The molecule has 49 heavy (non-hydrogen) atoms. The molecule has 0 aliphatic carbocycles. The molecule has 256 valence electrons. The Morgan fingerprint density at radius 1 is 0.878 bits per heavy atom. The van der Waals surface area contributed by atoms with E-state index >= 15 is 0 Å². The average molecular weight is 674 g/mol. The van der Waals surface area contributed by atoms with Gasteiger partial charge in [-0.25, -0.2) is 19.0 Å². The number of fused-ring (bicyclic) bond motifs is 2. The Hall–Kier alpha value is -5.47. The van der Waals surface area contributed by atoms with Gasteiger partial charge in [-0.2, -0.15) is 0 Å². The third-order valence-corrected chi connectivity index (χ3v) is 7.97. The van der Waals surface area contributed by atoms with E-state index in [4.69, 9.17) is 28.4 Å². The molecule has 1 aliphatic heterocycles. The van der Waals surface area contributed by atoms with Crippen molar-refractivity contribution in [1.29, 1.82) is 0 Å². The molecule has 0 unspecified atom stereocenters. The Morgan fingerprint density at radius 3 is 2.37 bits per heavy atom. The molecule has 0 saturated heterocycles. The molecule has 1 amide bonds. The van der Waals surface area contributed by atoms with Crippen LogP contribution in [0.2, 0.25) is 0 Å². The van der Waals surface area contributed by atoms with Crippen LogP contribution in [-0.2, 0) is 22.4 Å². The highest BCUT2D eigenvalue weighted by Crippen LogP contribution is 2.39. The van der Waals surface area contributed by atoms with Crippen LogP contribution in [0.3, 0.4) is 0 Å². The molecule has 0 saturated carbocycles. The molecular formula is C35H36FN5O8. The number of anilines is 1. The van der Waals surface area contributed by atoms with E-state index in [1.165, 1.54) is 30.3 Å². The van der Waals surface area contributed by atoms with E-state index in [0.717, 1.165) is 12.8 Å². The zero-order chi connectivity index (χ0) is 34.3. The van der Waals surface area contributed by atoms with Gasteiger partial charge in [0.1, 0.15) is 36.6 Å². The molecule has 1 aliphatic rings. The highest BCUT2D eigenvalue weighted by Gasteiger charge is 2.29. The first kappa shape index (κ1) is 33.4. The van der Waals surface area contributed by atoms with Gasteiger partial charge in [0.2, 0.25) is 5.88 Å². The number of hydrogen-bond acceptors (Lipinski definition) is 10. The van der Waals surface area contributed by atoms with Gasteiger partial charge in [0, 0.05) is 38.6 Å². The molecule has 3 heterocycles. The van der Waals surface area contributed by atoms with Crippen LogP contribution in [-0.4, -0.2) is 73.0 Å². The van der Waals surface area contributed by atoms with E-state index in [0.29, 0.717) is 78.1 Å². The van der Waals surface area contributed by atoms with Crippen molar-refractivity contribution in [3.63, 3.8) is 0 Å². The van der Waals surface area contributed by atoms with Crippen molar-refractivity contribution in [2.24, 2.45) is 0 Å². The number of carbonyl (C=O) groups excluding carboxylic acids is 1. The molecule has 5 aromatic rings. The Bertz CT molecular complexity index is 2030. The lowest BCUT2D eigenvalue weighted by atomic mass is 10.1. The SMILES string of the molecule is COCCOc1cc2ncnc(Oc3ccc(NC(=O)c4c5n(n(-c6ccccc6F)c4=O)CCCC5)cc3OC)c2cc1OCCOC. The van der Waals surface area contributed by atoms with Crippen molar-refractivity contribution in [1.82, 2.24) is 19.3 Å². The summed E-state index contributed by atoms with van der Waals surface area (Å²) in [5.41, 5.74) is 0.969. The van der Waals surface area contributed by atoms with Crippen LogP contribution >= 0.6 is 0 Å². The number of ether oxygens (including phenoxy) is 6. The third-order valence-electron chi connectivity index (χ3n) is 7.97. The van der Waals surface area contributed by atoms with Crippen molar-refractivity contribution in [2.45, 2.75) is 25.8 Å². The van der Waals surface area contributed by atoms with E-state index in [2.05, 4.69) is 15.3 Å². The molecule has 0 atom stereocenters. The van der Waals surface area contributed by atoms with E-state index in [1.54, 1.807) is 61.4 Å². The lowest BCUT2D eigenvalue weighted by Crippen LogP contribution is -2.26. The first-order valence-electron chi connectivity index (χ1n) is 15.7. The zero-order valence-electron chi connectivity index (χ0n) is 27.4. The summed E-state index contributed by atoms with van der Waals surface area (Å²) < 4.78 is 51.6. The number of rotatable bonds is 14. The van der Waals surface area contributed by atoms with Crippen LogP contribution in [0, 0.1) is 5.82 Å². The summed E-state index contributed by atoms with van der Waals surface area (Å²) in [6.45, 7) is 1.86.